The number of pyridine rings is 1. The summed E-state index contributed by atoms with van der Waals surface area (Å²) in [5.41, 5.74) is 3.07. The number of hydrogen-bond donors (Lipinski definition) is 1. The molecule has 0 aliphatic carbocycles. The van der Waals surface area contributed by atoms with Crippen LogP contribution in [0.3, 0.4) is 0 Å². The van der Waals surface area contributed by atoms with E-state index in [0.717, 1.165) is 11.1 Å². The summed E-state index contributed by atoms with van der Waals surface area (Å²) in [5, 5.41) is 5.20. The van der Waals surface area contributed by atoms with Crippen LogP contribution in [-0.4, -0.2) is 47.1 Å². The molecular formula is C20H20N6O4S. The predicted octanol–water partition coefficient (Wildman–Crippen LogP) is 1.99. The molecule has 0 amide bonds. The normalized spacial score (nSPS) is 11.6. The second kappa shape index (κ2) is 7.93. The number of methoxy groups -OCH3 is 2. The molecule has 0 saturated carbocycles. The second-order valence-corrected chi connectivity index (χ2v) is 8.46. The molecule has 0 aliphatic heterocycles. The third-order valence-corrected chi connectivity index (χ3v) is 5.23. The zero-order valence-corrected chi connectivity index (χ0v) is 17.9. The first-order valence-electron chi connectivity index (χ1n) is 9.19. The van der Waals surface area contributed by atoms with Gasteiger partial charge in [-0.3, -0.25) is 9.55 Å². The molecular weight excluding hydrogens is 420 g/mol. The van der Waals surface area contributed by atoms with Gasteiger partial charge in [-0.05, 0) is 30.7 Å². The number of ether oxygens (including phenoxy) is 2. The summed E-state index contributed by atoms with van der Waals surface area (Å²) in [5.74, 6) is 1.07. The van der Waals surface area contributed by atoms with Gasteiger partial charge >= 0.3 is 0 Å². The molecule has 2 N–H and O–H groups in total. The van der Waals surface area contributed by atoms with Gasteiger partial charge in [-0.25, -0.2) is 28.5 Å². The molecule has 11 heteroatoms. The molecule has 0 unspecified atom stereocenters. The third kappa shape index (κ3) is 4.05. The van der Waals surface area contributed by atoms with E-state index in [0.29, 0.717) is 34.3 Å². The maximum atomic E-state index is 11.6. The van der Waals surface area contributed by atoms with Crippen LogP contribution in [0.1, 0.15) is 11.3 Å². The van der Waals surface area contributed by atoms with Crippen molar-refractivity contribution in [2.45, 2.75) is 12.7 Å². The van der Waals surface area contributed by atoms with E-state index in [2.05, 4.69) is 19.9 Å². The maximum absolute atomic E-state index is 11.6. The zero-order chi connectivity index (χ0) is 22.2. The van der Waals surface area contributed by atoms with Crippen LogP contribution in [0.25, 0.3) is 28.4 Å². The first-order valence-corrected chi connectivity index (χ1v) is 10.9. The lowest BCUT2D eigenvalue weighted by atomic mass is 10.2. The van der Waals surface area contributed by atoms with Gasteiger partial charge in [-0.2, -0.15) is 0 Å². The van der Waals surface area contributed by atoms with Crippen molar-refractivity contribution in [3.05, 3.63) is 54.1 Å². The number of aromatic nitrogens is 5. The minimum atomic E-state index is -3.79. The van der Waals surface area contributed by atoms with Gasteiger partial charge in [-0.1, -0.05) is 6.07 Å². The van der Waals surface area contributed by atoms with E-state index in [1.807, 2.05) is 13.0 Å². The molecule has 0 radical (unpaired) electrons. The first kappa shape index (κ1) is 20.7. The molecule has 31 heavy (non-hydrogen) atoms. The Labute approximate surface area is 178 Å². The number of hydrogen-bond acceptors (Lipinski definition) is 8. The summed E-state index contributed by atoms with van der Waals surface area (Å²) < 4.78 is 36.1. The number of sulfonamides is 1. The highest BCUT2D eigenvalue weighted by molar-refractivity contribution is 7.88. The Bertz CT molecular complexity index is 1360. The van der Waals surface area contributed by atoms with Crippen LogP contribution < -0.4 is 14.6 Å². The van der Waals surface area contributed by atoms with Crippen molar-refractivity contribution < 1.29 is 17.9 Å². The molecule has 0 aliphatic rings. The minimum absolute atomic E-state index is 0.193. The summed E-state index contributed by atoms with van der Waals surface area (Å²) in [7, 11) is -0.701. The van der Waals surface area contributed by atoms with Crippen LogP contribution in [0.2, 0.25) is 0 Å². The Morgan fingerprint density at radius 2 is 1.77 bits per heavy atom. The van der Waals surface area contributed by atoms with E-state index >= 15 is 0 Å². The average molecular weight is 440 g/mol. The molecule has 4 rings (SSSR count). The Hall–Kier alpha value is -3.57. The molecule has 0 saturated heterocycles. The van der Waals surface area contributed by atoms with Gasteiger partial charge in [0, 0.05) is 18.0 Å². The molecule has 0 bridgehead atoms. The molecule has 3 heterocycles. The average Bonchev–Trinajstić information content (AvgIpc) is 3.10. The molecule has 160 valence electrons. The standard InChI is InChI=1S/C20H20N6O4S/c1-12-7-13(9-22-8-12)19-25-18-20(24-14(10-23-18)11-31(21,27)28)26(19)17-15(29-2)5-4-6-16(17)30-3/h4-10H,11H2,1-3H3,(H2,21,27,28). The summed E-state index contributed by atoms with van der Waals surface area (Å²) in [6.45, 7) is 1.92. The van der Waals surface area contributed by atoms with Gasteiger partial charge in [-0.15, -0.1) is 0 Å². The lowest BCUT2D eigenvalue weighted by molar-refractivity contribution is 0.391. The zero-order valence-electron chi connectivity index (χ0n) is 17.1. The fourth-order valence-corrected chi connectivity index (χ4v) is 3.85. The third-order valence-electron chi connectivity index (χ3n) is 4.53. The molecule has 0 atom stereocenters. The summed E-state index contributed by atoms with van der Waals surface area (Å²) >= 11 is 0. The number of aryl methyl sites for hydroxylation is 1. The smallest absolute Gasteiger partial charge is 0.214 e. The molecule has 0 fully saturated rings. The van der Waals surface area contributed by atoms with E-state index < -0.39 is 15.8 Å². The summed E-state index contributed by atoms with van der Waals surface area (Å²) in [6, 6.07) is 7.29. The van der Waals surface area contributed by atoms with Gasteiger partial charge in [0.05, 0.1) is 26.1 Å². The molecule has 0 spiro atoms. The quantitative estimate of drug-likeness (QED) is 0.481. The minimum Gasteiger partial charge on any atom is -0.494 e. The Morgan fingerprint density at radius 1 is 1.06 bits per heavy atom. The fraction of sp³-hybridized carbons (Fsp3) is 0.200. The Balaban J connectivity index is 2.10. The first-order chi connectivity index (χ1) is 14.8. The molecule has 4 aromatic rings. The molecule has 1 aromatic carbocycles. The van der Waals surface area contributed by atoms with Gasteiger partial charge < -0.3 is 9.47 Å². The number of primary sulfonamides is 1. The maximum Gasteiger partial charge on any atom is 0.214 e. The van der Waals surface area contributed by atoms with E-state index in [-0.39, 0.29) is 5.69 Å². The van der Waals surface area contributed by atoms with Crippen LogP contribution in [0.15, 0.2) is 42.9 Å². The van der Waals surface area contributed by atoms with Crippen molar-refractivity contribution in [2.24, 2.45) is 5.14 Å². The topological polar surface area (TPSA) is 135 Å². The second-order valence-electron chi connectivity index (χ2n) is 6.85. The van der Waals surface area contributed by atoms with Crippen molar-refractivity contribution in [2.75, 3.05) is 14.2 Å². The number of para-hydroxylation sites is 1. The number of nitrogens with two attached hydrogens (primary N) is 1. The number of imidazole rings is 1. The van der Waals surface area contributed by atoms with Crippen LogP contribution in [0, 0.1) is 6.92 Å². The van der Waals surface area contributed by atoms with E-state index in [1.54, 1.807) is 49.4 Å². The van der Waals surface area contributed by atoms with Crippen molar-refractivity contribution in [3.8, 4) is 28.6 Å². The molecule has 3 aromatic heterocycles. The number of benzene rings is 1. The fourth-order valence-electron chi connectivity index (χ4n) is 3.30. The van der Waals surface area contributed by atoms with Crippen molar-refractivity contribution in [3.63, 3.8) is 0 Å². The highest BCUT2D eigenvalue weighted by Crippen LogP contribution is 2.37. The summed E-state index contributed by atoms with van der Waals surface area (Å²) in [6.07, 6.45) is 4.76. The van der Waals surface area contributed by atoms with Crippen LogP contribution >= 0.6 is 0 Å². The van der Waals surface area contributed by atoms with Crippen LogP contribution in [0.5, 0.6) is 11.5 Å². The largest absolute Gasteiger partial charge is 0.494 e. The van der Waals surface area contributed by atoms with Crippen LogP contribution in [0.4, 0.5) is 0 Å². The predicted molar refractivity (Wildman–Crippen MR) is 115 cm³/mol. The van der Waals surface area contributed by atoms with Gasteiger partial charge in [0.2, 0.25) is 10.0 Å². The van der Waals surface area contributed by atoms with Crippen molar-refractivity contribution >= 4 is 21.3 Å². The lowest BCUT2D eigenvalue weighted by Gasteiger charge is -2.16. The van der Waals surface area contributed by atoms with Gasteiger partial charge in [0.15, 0.2) is 17.1 Å². The van der Waals surface area contributed by atoms with Gasteiger partial charge in [0.1, 0.15) is 22.9 Å². The van der Waals surface area contributed by atoms with Crippen molar-refractivity contribution in [1.29, 1.82) is 0 Å². The van der Waals surface area contributed by atoms with Crippen molar-refractivity contribution in [1.82, 2.24) is 24.5 Å². The van der Waals surface area contributed by atoms with Gasteiger partial charge in [0.25, 0.3) is 0 Å². The Morgan fingerprint density at radius 3 is 2.39 bits per heavy atom. The Kier molecular flexibility index (Phi) is 5.29. The number of fused-ring (bicyclic) bond motifs is 1. The van der Waals surface area contributed by atoms with E-state index in [9.17, 15) is 8.42 Å². The van der Waals surface area contributed by atoms with E-state index in [4.69, 9.17) is 14.6 Å². The monoisotopic (exact) mass is 440 g/mol. The molecule has 10 nitrogen and oxygen atoms in total. The highest BCUT2D eigenvalue weighted by Gasteiger charge is 2.23. The summed E-state index contributed by atoms with van der Waals surface area (Å²) in [4.78, 5) is 17.7. The highest BCUT2D eigenvalue weighted by atomic mass is 32.2. The van der Waals surface area contributed by atoms with E-state index in [1.165, 1.54) is 6.20 Å². The lowest BCUT2D eigenvalue weighted by Crippen LogP contribution is -2.15. The SMILES string of the molecule is COc1cccc(OC)c1-n1c(-c2cncc(C)c2)nc2ncc(CS(N)(=O)=O)nc21. The number of rotatable bonds is 6. The number of nitrogens with zero attached hydrogens (tertiary/aromatic N) is 5. The van der Waals surface area contributed by atoms with Crippen LogP contribution in [-0.2, 0) is 15.8 Å².